The molecule has 0 amide bonds. The lowest BCUT2D eigenvalue weighted by Gasteiger charge is -2.00. The summed E-state index contributed by atoms with van der Waals surface area (Å²) in [7, 11) is 0. The van der Waals surface area contributed by atoms with Crippen molar-refractivity contribution in [2.45, 2.75) is 20.8 Å². The van der Waals surface area contributed by atoms with Crippen LogP contribution >= 0.6 is 0 Å². The van der Waals surface area contributed by atoms with Gasteiger partial charge in [-0.2, -0.15) is 0 Å². The Bertz CT molecular complexity index is 759. The lowest BCUT2D eigenvalue weighted by Crippen LogP contribution is -1.91. The molecule has 4 nitrogen and oxygen atoms in total. The van der Waals surface area contributed by atoms with Crippen LogP contribution in [0.25, 0.3) is 21.8 Å². The quantitative estimate of drug-likeness (QED) is 0.544. The molecule has 2 aromatic carbocycles. The first kappa shape index (κ1) is 13.1. The number of H-pyrrole nitrogens is 1. The molecule has 0 bridgehead atoms. The number of hydrogen-bond donors (Lipinski definition) is 1. The van der Waals surface area contributed by atoms with Crippen molar-refractivity contribution in [3.05, 3.63) is 52.1 Å². The number of non-ortho nitro benzene ring substituents is 1. The van der Waals surface area contributed by atoms with Crippen molar-refractivity contribution in [1.29, 1.82) is 0 Å². The summed E-state index contributed by atoms with van der Waals surface area (Å²) in [4.78, 5) is 14.0. The molecule has 98 valence electrons. The minimum absolute atomic E-state index is 0. The van der Waals surface area contributed by atoms with Crippen LogP contribution in [0.4, 0.5) is 5.69 Å². The van der Waals surface area contributed by atoms with Gasteiger partial charge < -0.3 is 4.98 Å². The van der Waals surface area contributed by atoms with Crippen molar-refractivity contribution in [1.82, 2.24) is 4.98 Å². The monoisotopic (exact) mass is 256 g/mol. The molecule has 0 spiro atoms. The fraction of sp³-hybridized carbons (Fsp3) is 0.200. The topological polar surface area (TPSA) is 58.9 Å². The smallest absolute Gasteiger partial charge is 0.270 e. The summed E-state index contributed by atoms with van der Waals surface area (Å²) >= 11 is 0. The normalized spacial score (nSPS) is 10.6. The number of aryl methyl sites for hydroxylation is 1. The van der Waals surface area contributed by atoms with Crippen molar-refractivity contribution in [3.63, 3.8) is 0 Å². The van der Waals surface area contributed by atoms with Crippen LogP contribution in [-0.2, 0) is 6.42 Å². The maximum atomic E-state index is 11.0. The van der Waals surface area contributed by atoms with Crippen molar-refractivity contribution in [2.24, 2.45) is 0 Å². The van der Waals surface area contributed by atoms with E-state index in [9.17, 15) is 10.1 Å². The van der Waals surface area contributed by atoms with E-state index in [0.29, 0.717) is 0 Å². The number of para-hydroxylation sites is 1. The van der Waals surface area contributed by atoms with E-state index in [4.69, 9.17) is 0 Å². The first-order valence-electron chi connectivity index (χ1n) is 5.88. The number of fused-ring (bicyclic) bond motifs is 3. The van der Waals surface area contributed by atoms with Gasteiger partial charge >= 0.3 is 0 Å². The Hall–Kier alpha value is -2.36. The van der Waals surface area contributed by atoms with Crippen LogP contribution in [0.3, 0.4) is 0 Å². The molecule has 1 heterocycles. The highest BCUT2D eigenvalue weighted by Gasteiger charge is 2.14. The lowest BCUT2D eigenvalue weighted by atomic mass is 10.1. The maximum absolute atomic E-state index is 11.0. The minimum atomic E-state index is -0.333. The van der Waals surface area contributed by atoms with Gasteiger partial charge in [0.05, 0.1) is 10.4 Å². The van der Waals surface area contributed by atoms with E-state index in [1.54, 1.807) is 12.1 Å². The summed E-state index contributed by atoms with van der Waals surface area (Å²) in [5, 5.41) is 12.9. The number of nitro groups is 1. The second-order valence-electron chi connectivity index (χ2n) is 4.31. The number of rotatable bonds is 2. The van der Waals surface area contributed by atoms with Crippen molar-refractivity contribution in [3.8, 4) is 0 Å². The highest BCUT2D eigenvalue weighted by atomic mass is 16.6. The molecular formula is C15H16N2O2. The average molecular weight is 256 g/mol. The largest absolute Gasteiger partial charge is 0.354 e. The predicted octanol–water partition coefficient (Wildman–Crippen LogP) is 4.43. The zero-order chi connectivity index (χ0) is 12.7. The van der Waals surface area contributed by atoms with Gasteiger partial charge in [-0.25, -0.2) is 0 Å². The third-order valence-corrected chi connectivity index (χ3v) is 3.27. The molecule has 0 unspecified atom stereocenters. The van der Waals surface area contributed by atoms with Crippen LogP contribution in [0.1, 0.15) is 19.9 Å². The van der Waals surface area contributed by atoms with Crippen molar-refractivity contribution in [2.75, 3.05) is 0 Å². The fourth-order valence-electron chi connectivity index (χ4n) is 2.39. The molecular weight excluding hydrogens is 240 g/mol. The summed E-state index contributed by atoms with van der Waals surface area (Å²) in [6, 6.07) is 11.2. The zero-order valence-corrected chi connectivity index (χ0v) is 9.93. The van der Waals surface area contributed by atoms with Crippen LogP contribution < -0.4 is 0 Å². The second-order valence-corrected chi connectivity index (χ2v) is 4.31. The van der Waals surface area contributed by atoms with Gasteiger partial charge in [-0.05, 0) is 18.1 Å². The van der Waals surface area contributed by atoms with Gasteiger partial charge in [-0.1, -0.05) is 32.5 Å². The zero-order valence-electron chi connectivity index (χ0n) is 9.93. The average Bonchev–Trinajstić information content (AvgIpc) is 2.76. The Morgan fingerprint density at radius 1 is 1.21 bits per heavy atom. The molecule has 0 saturated carbocycles. The number of aromatic amines is 1. The second kappa shape index (κ2) is 4.72. The van der Waals surface area contributed by atoms with Gasteiger partial charge in [0.1, 0.15) is 0 Å². The van der Waals surface area contributed by atoms with Crippen LogP contribution in [0.15, 0.2) is 36.4 Å². The molecule has 3 rings (SSSR count). The van der Waals surface area contributed by atoms with Gasteiger partial charge in [0.15, 0.2) is 0 Å². The molecule has 0 radical (unpaired) electrons. The lowest BCUT2D eigenvalue weighted by molar-refractivity contribution is -0.384. The van der Waals surface area contributed by atoms with E-state index in [1.807, 2.05) is 31.2 Å². The van der Waals surface area contributed by atoms with Crippen molar-refractivity contribution < 1.29 is 4.92 Å². The van der Waals surface area contributed by atoms with Crippen LogP contribution in [0, 0.1) is 10.1 Å². The molecule has 0 aliphatic heterocycles. The van der Waals surface area contributed by atoms with E-state index >= 15 is 0 Å². The SMILES string of the molecule is C.CCc1cc([N+](=O)[O-])cc2c1[nH]c1ccccc12. The highest BCUT2D eigenvalue weighted by molar-refractivity contribution is 6.09. The molecule has 0 saturated heterocycles. The van der Waals surface area contributed by atoms with Crippen molar-refractivity contribution >= 4 is 27.5 Å². The molecule has 3 aromatic rings. The highest BCUT2D eigenvalue weighted by Crippen LogP contribution is 2.31. The van der Waals surface area contributed by atoms with Crippen LogP contribution in [0.5, 0.6) is 0 Å². The van der Waals surface area contributed by atoms with E-state index in [1.165, 1.54) is 0 Å². The standard InChI is InChI=1S/C14H12N2O2.CH4/c1-2-9-7-10(16(17)18)8-12-11-5-3-4-6-13(11)15-14(9)12;/h3-8,15H,2H2,1H3;1H4. The van der Waals surface area contributed by atoms with Gasteiger partial charge in [0.2, 0.25) is 0 Å². The Morgan fingerprint density at radius 2 is 1.95 bits per heavy atom. The molecule has 19 heavy (non-hydrogen) atoms. The summed E-state index contributed by atoms with van der Waals surface area (Å²) in [6.07, 6.45) is 0.769. The minimum Gasteiger partial charge on any atom is -0.354 e. The Kier molecular flexibility index (Phi) is 3.25. The summed E-state index contributed by atoms with van der Waals surface area (Å²) in [6.45, 7) is 2.00. The van der Waals surface area contributed by atoms with E-state index in [2.05, 4.69) is 4.98 Å². The first-order valence-corrected chi connectivity index (χ1v) is 5.88. The number of hydrogen-bond acceptors (Lipinski definition) is 2. The predicted molar refractivity (Wildman–Crippen MR) is 78.6 cm³/mol. The number of nitro benzene ring substituents is 1. The molecule has 0 atom stereocenters. The molecule has 0 aliphatic carbocycles. The molecule has 4 heteroatoms. The summed E-state index contributed by atoms with van der Waals surface area (Å²) in [5.74, 6) is 0. The molecule has 0 fully saturated rings. The Balaban J connectivity index is 0.00000133. The molecule has 0 aliphatic rings. The third kappa shape index (κ3) is 1.95. The summed E-state index contributed by atoms with van der Waals surface area (Å²) in [5.41, 5.74) is 3.16. The van der Waals surface area contributed by atoms with Gasteiger partial charge in [0, 0.05) is 28.4 Å². The van der Waals surface area contributed by atoms with E-state index in [0.717, 1.165) is 33.8 Å². The van der Waals surface area contributed by atoms with Gasteiger partial charge in [-0.3, -0.25) is 10.1 Å². The van der Waals surface area contributed by atoms with Crippen LogP contribution in [0.2, 0.25) is 0 Å². The molecule has 1 N–H and O–H groups in total. The Labute approximate surface area is 111 Å². The Morgan fingerprint density at radius 3 is 2.63 bits per heavy atom. The number of nitrogens with zero attached hydrogens (tertiary/aromatic N) is 1. The molecule has 1 aromatic heterocycles. The number of aromatic nitrogens is 1. The maximum Gasteiger partial charge on any atom is 0.270 e. The summed E-state index contributed by atoms with van der Waals surface area (Å²) < 4.78 is 0. The van der Waals surface area contributed by atoms with E-state index in [-0.39, 0.29) is 18.0 Å². The van der Waals surface area contributed by atoms with Crippen LogP contribution in [-0.4, -0.2) is 9.91 Å². The number of benzene rings is 2. The third-order valence-electron chi connectivity index (χ3n) is 3.27. The number of nitrogens with one attached hydrogen (secondary N) is 1. The van der Waals surface area contributed by atoms with E-state index < -0.39 is 0 Å². The van der Waals surface area contributed by atoms with Gasteiger partial charge in [-0.15, -0.1) is 0 Å². The van der Waals surface area contributed by atoms with Gasteiger partial charge in [0.25, 0.3) is 5.69 Å². The fourth-order valence-corrected chi connectivity index (χ4v) is 2.39. The first-order chi connectivity index (χ1) is 8.70.